The zero-order chi connectivity index (χ0) is 88.0. The molecule has 3 atom stereocenters. The van der Waals surface area contributed by atoms with E-state index >= 15 is 0 Å². The monoisotopic (exact) mass is 1770 g/mol. The zero-order valence-corrected chi connectivity index (χ0v) is 75.6. The largest absolute Gasteiger partial charge is 1.00 e. The van der Waals surface area contributed by atoms with Gasteiger partial charge in [-0.3, -0.25) is 28.8 Å². The van der Waals surface area contributed by atoms with Crippen molar-refractivity contribution in [2.45, 2.75) is 191 Å². The van der Waals surface area contributed by atoms with Crippen molar-refractivity contribution in [3.8, 4) is 34.5 Å². The van der Waals surface area contributed by atoms with Crippen molar-refractivity contribution < 1.29 is 181 Å². The van der Waals surface area contributed by atoms with Crippen LogP contribution in [0.4, 0.5) is 43.9 Å². The Morgan fingerprint density at radius 2 is 0.958 bits per heavy atom. The summed E-state index contributed by atoms with van der Waals surface area (Å²) >= 11 is 0. The predicted octanol–water partition coefficient (Wildman–Crippen LogP) is 16.8. The molecule has 0 aliphatic heterocycles. The topological polar surface area (TPSA) is 275 Å². The molecule has 33 heteroatoms. The first-order valence-electron chi connectivity index (χ1n) is 39.2. The first-order chi connectivity index (χ1) is 55.4. The molecule has 0 amide bonds. The molecule has 19 nitrogen and oxygen atoms in total. The SMILES string of the molecule is CCCCCC(C(C)=O)C(=O)OCC.CCCCCC1CCC(c2ccc(OCC)cc2F)=CC1=O.CCCCCC1CCC(c2ccc(OS(=O)(=O)C(F)(F)F)cc2F)=CC1=O.CCOc1ccc(B(O)O)c(F)c1F.CCOc1ccc(C(=O)CCN(C)C)c(F)c1.CCOc1ccc(C(C)=O)c(F)c1.CCOc1cccc(F)c1.Cl.[K+].[OH-]. The number of esters is 1. The number of ketones is 5. The normalized spacial score (nSPS) is 13.4. The van der Waals surface area contributed by atoms with Crippen molar-refractivity contribution in [2.24, 2.45) is 17.8 Å². The summed E-state index contributed by atoms with van der Waals surface area (Å²) in [6.45, 7) is 23.1. The first-order valence-corrected chi connectivity index (χ1v) is 40.6. The Labute approximate surface area is 748 Å². The maximum Gasteiger partial charge on any atom is 1.00 e. The number of ether oxygens (including phenoxy) is 6. The van der Waals surface area contributed by atoms with Gasteiger partial charge in [0.05, 0.1) is 50.8 Å². The van der Waals surface area contributed by atoms with Gasteiger partial charge in [-0.1, -0.05) is 90.7 Å². The van der Waals surface area contributed by atoms with Crippen molar-refractivity contribution >= 4 is 81.1 Å². The third-order valence-corrected chi connectivity index (χ3v) is 18.5. The second-order valence-electron chi connectivity index (χ2n) is 26.9. The minimum atomic E-state index is -5.87. The molecule has 6 aromatic carbocycles. The van der Waals surface area contributed by atoms with Crippen LogP contribution in [0.15, 0.2) is 121 Å². The minimum absolute atomic E-state index is 0. The fourth-order valence-corrected chi connectivity index (χ4v) is 11.9. The molecular weight excluding hydrogens is 1650 g/mol. The first kappa shape index (κ1) is 115. The number of unbranched alkanes of at least 4 members (excludes halogenated alkanes) is 6. The number of carbonyl (C=O) groups is 6. The Bertz CT molecular complexity index is 4290. The summed E-state index contributed by atoms with van der Waals surface area (Å²) in [6, 6.07) is 24.4. The number of hydrogen-bond donors (Lipinski definition) is 2. The molecule has 0 heterocycles. The molecule has 3 unspecified atom stereocenters. The fourth-order valence-electron chi connectivity index (χ4n) is 11.5. The van der Waals surface area contributed by atoms with E-state index in [1.165, 1.54) is 75.2 Å². The molecule has 0 radical (unpaired) electrons. The Kier molecular flexibility index (Phi) is 58.9. The summed E-state index contributed by atoms with van der Waals surface area (Å²) in [7, 11) is -4.14. The van der Waals surface area contributed by atoms with Gasteiger partial charge in [0.15, 0.2) is 40.5 Å². The van der Waals surface area contributed by atoms with Gasteiger partial charge in [-0.05, 0) is 204 Å². The average Bonchev–Trinajstić information content (AvgIpc) is 0.815. The van der Waals surface area contributed by atoms with E-state index in [4.69, 9.17) is 38.5 Å². The van der Waals surface area contributed by atoms with Gasteiger partial charge in [0.2, 0.25) is 0 Å². The number of benzene rings is 6. The van der Waals surface area contributed by atoms with Crippen LogP contribution in [-0.2, 0) is 34.0 Å². The molecule has 120 heavy (non-hydrogen) atoms. The van der Waals surface area contributed by atoms with Gasteiger partial charge in [-0.25, -0.2) is 26.3 Å². The third-order valence-electron chi connectivity index (χ3n) is 17.5. The molecule has 662 valence electrons. The van der Waals surface area contributed by atoms with E-state index in [2.05, 4.69) is 25.0 Å². The second kappa shape index (κ2) is 61.7. The van der Waals surface area contributed by atoms with Gasteiger partial charge >= 0.3 is 80.1 Å². The van der Waals surface area contributed by atoms with E-state index in [-0.39, 0.29) is 157 Å². The summed E-state index contributed by atoms with van der Waals surface area (Å²) in [5, 5.41) is 17.3. The molecular formula is C87H114BClF10KNO18S. The summed E-state index contributed by atoms with van der Waals surface area (Å²) in [5.74, 6) is -5.43. The van der Waals surface area contributed by atoms with Crippen LogP contribution in [-0.4, -0.2) is 137 Å². The molecule has 0 saturated heterocycles. The molecule has 8 rings (SSSR count). The van der Waals surface area contributed by atoms with Crippen LogP contribution in [0.1, 0.15) is 217 Å². The molecule has 0 fully saturated rings. The Balaban J connectivity index is 0. The summed E-state index contributed by atoms with van der Waals surface area (Å²) < 4.78 is 187. The van der Waals surface area contributed by atoms with Crippen LogP contribution in [0.25, 0.3) is 11.1 Å². The maximum atomic E-state index is 14.3. The van der Waals surface area contributed by atoms with Gasteiger partial charge in [-0.15, -0.1) is 12.4 Å². The number of allylic oxidation sites excluding steroid dienone is 4. The van der Waals surface area contributed by atoms with Gasteiger partial charge < -0.3 is 53.0 Å². The van der Waals surface area contributed by atoms with E-state index < -0.39 is 69.0 Å². The van der Waals surface area contributed by atoms with Gasteiger partial charge in [0, 0.05) is 71.7 Å². The van der Waals surface area contributed by atoms with Crippen LogP contribution in [0.3, 0.4) is 0 Å². The molecule has 0 bridgehead atoms. The smallest absolute Gasteiger partial charge is 0.870 e. The van der Waals surface area contributed by atoms with Crippen LogP contribution >= 0.6 is 12.4 Å². The van der Waals surface area contributed by atoms with E-state index in [0.717, 1.165) is 100 Å². The summed E-state index contributed by atoms with van der Waals surface area (Å²) in [4.78, 5) is 71.4. The second-order valence-corrected chi connectivity index (χ2v) is 28.4. The number of halogens is 11. The third kappa shape index (κ3) is 42.1. The molecule has 3 N–H and O–H groups in total. The van der Waals surface area contributed by atoms with Crippen LogP contribution in [0, 0.1) is 58.5 Å². The van der Waals surface area contributed by atoms with Crippen molar-refractivity contribution in [3.05, 3.63) is 184 Å². The molecule has 0 aromatic heterocycles. The van der Waals surface area contributed by atoms with Crippen molar-refractivity contribution in [1.82, 2.24) is 4.90 Å². The maximum absolute atomic E-state index is 14.3. The van der Waals surface area contributed by atoms with Gasteiger partial charge in [0.1, 0.15) is 69.5 Å². The van der Waals surface area contributed by atoms with E-state index in [0.29, 0.717) is 105 Å². The Morgan fingerprint density at radius 1 is 0.533 bits per heavy atom. The Hall–Kier alpha value is -7.50. The summed E-state index contributed by atoms with van der Waals surface area (Å²) in [6.07, 6.45) is 17.9. The van der Waals surface area contributed by atoms with Crippen molar-refractivity contribution in [2.75, 3.05) is 60.3 Å². The van der Waals surface area contributed by atoms with E-state index in [1.54, 1.807) is 56.3 Å². The number of alkyl halides is 3. The van der Waals surface area contributed by atoms with E-state index in [1.807, 2.05) is 46.7 Å². The van der Waals surface area contributed by atoms with Crippen LogP contribution in [0.2, 0.25) is 0 Å². The molecule has 0 spiro atoms. The molecule has 0 saturated carbocycles. The number of rotatable bonds is 35. The van der Waals surface area contributed by atoms with Gasteiger partial charge in [-0.2, -0.15) is 26.0 Å². The van der Waals surface area contributed by atoms with E-state index in [9.17, 15) is 81.1 Å². The zero-order valence-electron chi connectivity index (χ0n) is 70.8. The molecule has 2 aliphatic carbocycles. The van der Waals surface area contributed by atoms with Crippen LogP contribution < -0.4 is 84.7 Å². The molecule has 6 aromatic rings. The quantitative estimate of drug-likeness (QED) is 0.00547. The number of nitrogens with zero attached hydrogens (tertiary/aromatic N) is 1. The minimum Gasteiger partial charge on any atom is -0.870 e. The van der Waals surface area contributed by atoms with Crippen molar-refractivity contribution in [3.63, 3.8) is 0 Å². The number of Topliss-reactive ketones (excluding diaryl/α,β-unsaturated/α-hetero) is 3. The predicted molar refractivity (Wildman–Crippen MR) is 441 cm³/mol. The fraction of sp³-hybridized carbons (Fsp3) is 0.471. The average molecular weight is 1770 g/mol. The van der Waals surface area contributed by atoms with Crippen molar-refractivity contribution in [1.29, 1.82) is 0 Å². The number of hydrogen-bond acceptors (Lipinski definition) is 19. The Morgan fingerprint density at radius 3 is 1.34 bits per heavy atom. The summed E-state index contributed by atoms with van der Waals surface area (Å²) in [5.41, 5.74) is -4.04. The van der Waals surface area contributed by atoms with Crippen LogP contribution in [0.5, 0.6) is 34.5 Å². The molecule has 2 aliphatic rings. The standard InChI is InChI=1S/C19H25FO2.C18H20F4O4S.C13H18FNO2.C11H20O3.C10H11FO2.C8H9BF2O3.C8H9FO.ClH.K.H2O/c1-3-5-6-7-14-8-9-15(12-19(14)21)17-11-10-16(22-4-2)13-18(17)20;1-2-3-4-5-12-6-7-13(10-17(12)23)15-9-8-14(11-16(15)19)26-27(24,25)18(20,21)22;1-4-17-10-5-6-11(12(14)9-10)13(16)7-8-15(2)3;1-4-6-7-8-10(9(3)12)11(13)14-5-2;1-3-13-8-4-5-9(7(2)12)10(11)6-8;1-2-14-6-4-3-5(9(12)13)7(10)8(6)11;1-2-10-8-5-3-4-7(9)6-8;;;/h10-14H,3-9H2,1-2H3;8-12H,2-7H2,1H3;5-6,9H,4,7-8H2,1-3H3;10H,4-8H2,1-3H3;4-6H,3H2,1-2H3;3-4,12-13H,2H2,1H3;3-6H,2H2,1H3;1H;;1H2/q;;;;;;;;+1;/p-1. The number of carbonyl (C=O) groups excluding carboxylic acids is 6. The van der Waals surface area contributed by atoms with Gasteiger partial charge in [0.25, 0.3) is 0 Å².